The predicted molar refractivity (Wildman–Crippen MR) is 114 cm³/mol. The lowest BCUT2D eigenvalue weighted by Crippen LogP contribution is -2.48. The van der Waals surface area contributed by atoms with Crippen LogP contribution in [0.5, 0.6) is 0 Å². The number of ether oxygens (including phenoxy) is 1. The molecule has 0 aliphatic carbocycles. The molecule has 1 atom stereocenters. The van der Waals surface area contributed by atoms with E-state index in [4.69, 9.17) is 4.74 Å². The monoisotopic (exact) mass is 469 g/mol. The molecule has 0 bridgehead atoms. The molecule has 0 saturated carbocycles. The van der Waals surface area contributed by atoms with Crippen LogP contribution in [0.3, 0.4) is 0 Å². The van der Waals surface area contributed by atoms with Crippen LogP contribution in [0.4, 0.5) is 0 Å². The van der Waals surface area contributed by atoms with Crippen molar-refractivity contribution in [3.05, 3.63) is 22.4 Å². The summed E-state index contributed by atoms with van der Waals surface area (Å²) in [6.45, 7) is 5.81. The zero-order valence-corrected chi connectivity index (χ0v) is 18.1. The van der Waals surface area contributed by atoms with E-state index in [1.165, 1.54) is 4.88 Å². The summed E-state index contributed by atoms with van der Waals surface area (Å²) in [4.78, 5) is 5.76. The Morgan fingerprint density at radius 1 is 1.43 bits per heavy atom. The first-order chi connectivity index (χ1) is 10.7. The molecule has 1 unspecified atom stereocenters. The van der Waals surface area contributed by atoms with Crippen molar-refractivity contribution < 1.29 is 4.74 Å². The lowest BCUT2D eigenvalue weighted by molar-refractivity contribution is 0.0783. The number of halogens is 1. The average molecular weight is 469 g/mol. The largest absolute Gasteiger partial charge is 0.381 e. The Labute approximate surface area is 165 Å². The fraction of sp³-hybridized carbons (Fsp3) is 0.688. The molecule has 1 aromatic rings. The minimum atomic E-state index is 0. The Morgan fingerprint density at radius 3 is 2.74 bits per heavy atom. The summed E-state index contributed by atoms with van der Waals surface area (Å²) in [5, 5.41) is 9.07. The van der Waals surface area contributed by atoms with Crippen LogP contribution in [0.2, 0.25) is 0 Å². The average Bonchev–Trinajstić information content (AvgIpc) is 3.10. The molecule has 1 saturated heterocycles. The summed E-state index contributed by atoms with van der Waals surface area (Å²) in [5.41, 5.74) is 0. The minimum absolute atomic E-state index is 0. The van der Waals surface area contributed by atoms with Gasteiger partial charge in [0.1, 0.15) is 0 Å². The van der Waals surface area contributed by atoms with Crippen LogP contribution >= 0.6 is 47.1 Å². The first-order valence-corrected chi connectivity index (χ1v) is 9.90. The first kappa shape index (κ1) is 21.1. The number of nitrogens with one attached hydrogen (secondary N) is 2. The lowest BCUT2D eigenvalue weighted by atomic mass is 9.99. The summed E-state index contributed by atoms with van der Waals surface area (Å²) < 4.78 is 5.77. The summed E-state index contributed by atoms with van der Waals surface area (Å²) in [6, 6.07) is 4.30. The molecule has 132 valence electrons. The highest BCUT2D eigenvalue weighted by Crippen LogP contribution is 2.32. The fourth-order valence-corrected chi connectivity index (χ4v) is 4.16. The van der Waals surface area contributed by atoms with Gasteiger partial charge in [-0.2, -0.15) is 11.8 Å². The predicted octanol–water partition coefficient (Wildman–Crippen LogP) is 3.55. The zero-order chi connectivity index (χ0) is 15.8. The van der Waals surface area contributed by atoms with Crippen molar-refractivity contribution in [1.82, 2.24) is 10.6 Å². The molecular formula is C16H28IN3OS2. The Balaban J connectivity index is 0.00000264. The van der Waals surface area contributed by atoms with E-state index in [1.54, 1.807) is 0 Å². The molecule has 7 heteroatoms. The molecule has 4 nitrogen and oxygen atoms in total. The molecule has 1 fully saturated rings. The van der Waals surface area contributed by atoms with Gasteiger partial charge in [0.25, 0.3) is 0 Å². The van der Waals surface area contributed by atoms with Crippen LogP contribution in [-0.2, 0) is 4.74 Å². The Hall–Kier alpha value is 0.01000. The molecule has 23 heavy (non-hydrogen) atoms. The summed E-state index contributed by atoms with van der Waals surface area (Å²) in [6.07, 6.45) is 4.40. The number of hydrogen-bond acceptors (Lipinski definition) is 4. The highest BCUT2D eigenvalue weighted by Gasteiger charge is 2.31. The van der Waals surface area contributed by atoms with Crippen molar-refractivity contribution in [2.45, 2.75) is 30.4 Å². The Bertz CT molecular complexity index is 462. The van der Waals surface area contributed by atoms with Crippen LogP contribution < -0.4 is 10.6 Å². The number of nitrogens with zero attached hydrogens (tertiary/aromatic N) is 1. The second-order valence-electron chi connectivity index (χ2n) is 5.72. The third-order valence-electron chi connectivity index (χ3n) is 4.24. The number of aliphatic imine (C=N–C) groups is 1. The molecule has 2 heterocycles. The van der Waals surface area contributed by atoms with Gasteiger partial charge >= 0.3 is 0 Å². The highest BCUT2D eigenvalue weighted by atomic mass is 127. The molecule has 0 radical (unpaired) electrons. The number of hydrogen-bond donors (Lipinski definition) is 2. The molecule has 1 aromatic heterocycles. The van der Waals surface area contributed by atoms with E-state index in [9.17, 15) is 0 Å². The van der Waals surface area contributed by atoms with E-state index in [2.05, 4.69) is 46.3 Å². The van der Waals surface area contributed by atoms with E-state index in [-0.39, 0.29) is 28.7 Å². The van der Waals surface area contributed by atoms with Crippen molar-refractivity contribution >= 4 is 53.0 Å². The van der Waals surface area contributed by atoms with Crippen molar-refractivity contribution in [2.24, 2.45) is 4.99 Å². The van der Waals surface area contributed by atoms with Crippen molar-refractivity contribution in [1.29, 1.82) is 0 Å². The Kier molecular flexibility index (Phi) is 9.87. The fourth-order valence-electron chi connectivity index (χ4n) is 2.58. The number of thioether (sulfide) groups is 1. The van der Waals surface area contributed by atoms with Crippen molar-refractivity contribution in [2.75, 3.05) is 39.6 Å². The maximum absolute atomic E-state index is 5.49. The highest BCUT2D eigenvalue weighted by molar-refractivity contribution is 14.0. The molecule has 1 aliphatic heterocycles. The molecule has 2 N–H and O–H groups in total. The Morgan fingerprint density at radius 2 is 2.17 bits per heavy atom. The van der Waals surface area contributed by atoms with Crippen molar-refractivity contribution in [3.63, 3.8) is 0 Å². The van der Waals surface area contributed by atoms with Gasteiger partial charge in [-0.25, -0.2) is 0 Å². The molecule has 0 spiro atoms. The van der Waals surface area contributed by atoms with Crippen LogP contribution in [0.15, 0.2) is 22.5 Å². The van der Waals surface area contributed by atoms with E-state index < -0.39 is 0 Å². The van der Waals surface area contributed by atoms with Gasteiger partial charge in [0.15, 0.2) is 5.96 Å². The van der Waals surface area contributed by atoms with Crippen LogP contribution in [0, 0.1) is 0 Å². The maximum atomic E-state index is 5.49. The molecule has 0 aromatic carbocycles. The summed E-state index contributed by atoms with van der Waals surface area (Å²) in [7, 11) is 1.83. The minimum Gasteiger partial charge on any atom is -0.381 e. The zero-order valence-electron chi connectivity index (χ0n) is 14.1. The maximum Gasteiger partial charge on any atom is 0.191 e. The second kappa shape index (κ2) is 10.8. The molecule has 2 rings (SSSR count). The van der Waals surface area contributed by atoms with Gasteiger partial charge < -0.3 is 15.4 Å². The molecular weight excluding hydrogens is 441 g/mol. The number of thiophene rings is 1. The summed E-state index contributed by atoms with van der Waals surface area (Å²) >= 11 is 3.76. The smallest absolute Gasteiger partial charge is 0.191 e. The third kappa shape index (κ3) is 6.43. The van der Waals surface area contributed by atoms with Crippen LogP contribution in [0.25, 0.3) is 0 Å². The van der Waals surface area contributed by atoms with Crippen LogP contribution in [-0.4, -0.2) is 50.3 Å². The number of guanidine groups is 1. The van der Waals surface area contributed by atoms with E-state index in [0.29, 0.717) is 5.92 Å². The van der Waals surface area contributed by atoms with E-state index >= 15 is 0 Å². The lowest BCUT2D eigenvalue weighted by Gasteiger charge is -2.36. The second-order valence-corrected chi connectivity index (χ2v) is 7.98. The standard InChI is InChI=1S/C16H27N3OS2.HI/c1-13(14-5-4-10-22-14)11-18-15(17-2)19-12-16(21-3)6-8-20-9-7-16;/h4-5,10,13H,6-9,11-12H2,1-3H3,(H2,17,18,19);1H. The quantitative estimate of drug-likeness (QED) is 0.380. The van der Waals surface area contributed by atoms with Gasteiger partial charge in [-0.1, -0.05) is 13.0 Å². The van der Waals surface area contributed by atoms with Gasteiger partial charge in [0.2, 0.25) is 0 Å². The van der Waals surface area contributed by atoms with Gasteiger partial charge in [-0.3, -0.25) is 4.99 Å². The first-order valence-electron chi connectivity index (χ1n) is 7.80. The number of rotatable bonds is 6. The van der Waals surface area contributed by atoms with E-state index in [0.717, 1.165) is 45.1 Å². The molecule has 0 amide bonds. The third-order valence-corrected chi connectivity index (χ3v) is 6.77. The van der Waals surface area contributed by atoms with Gasteiger partial charge in [0.05, 0.1) is 0 Å². The molecule has 1 aliphatic rings. The SMILES string of the molecule is CN=C(NCC(C)c1cccs1)NCC1(SC)CCOCC1.I. The van der Waals surface area contributed by atoms with Gasteiger partial charge in [0, 0.05) is 48.9 Å². The van der Waals surface area contributed by atoms with Crippen LogP contribution in [0.1, 0.15) is 30.6 Å². The van der Waals surface area contributed by atoms with Gasteiger partial charge in [-0.05, 0) is 30.5 Å². The summed E-state index contributed by atoms with van der Waals surface area (Å²) in [5.74, 6) is 1.39. The normalized spacial score (nSPS) is 18.8. The van der Waals surface area contributed by atoms with Crippen molar-refractivity contribution in [3.8, 4) is 0 Å². The topological polar surface area (TPSA) is 45.7 Å². The van der Waals surface area contributed by atoms with Gasteiger partial charge in [-0.15, -0.1) is 35.3 Å². The van der Waals surface area contributed by atoms with E-state index in [1.807, 2.05) is 30.1 Å².